The minimum absolute atomic E-state index is 0.0521. The molecule has 0 N–H and O–H groups in total. The molecule has 1 aromatic rings. The number of carbonyl (C=O) groups excluding carboxylic acids is 1. The highest BCUT2D eigenvalue weighted by molar-refractivity contribution is 5.98. The average Bonchev–Trinajstić information content (AvgIpc) is 2.86. The SMILES string of the molecule is CCCn1nccc1C(=O)C1CN(C(C)C)CCO1. The van der Waals surface area contributed by atoms with E-state index in [9.17, 15) is 4.79 Å². The predicted molar refractivity (Wildman–Crippen MR) is 73.3 cm³/mol. The number of ketones is 1. The Bertz CT molecular complexity index is 428. The highest BCUT2D eigenvalue weighted by atomic mass is 16.5. The molecule has 0 saturated carbocycles. The molecule has 2 rings (SSSR count). The zero-order valence-corrected chi connectivity index (χ0v) is 12.0. The topological polar surface area (TPSA) is 47.4 Å². The largest absolute Gasteiger partial charge is 0.367 e. The van der Waals surface area contributed by atoms with Crippen LogP contribution in [0.1, 0.15) is 37.7 Å². The van der Waals surface area contributed by atoms with E-state index in [0.29, 0.717) is 24.9 Å². The Balaban J connectivity index is 2.08. The molecule has 1 aliphatic heterocycles. The first-order chi connectivity index (χ1) is 9.13. The molecule has 1 unspecified atom stereocenters. The van der Waals surface area contributed by atoms with E-state index in [1.165, 1.54) is 0 Å². The second-order valence-corrected chi connectivity index (χ2v) is 5.25. The lowest BCUT2D eigenvalue weighted by Crippen LogP contribution is -2.49. The Morgan fingerprint density at radius 2 is 2.37 bits per heavy atom. The Hall–Kier alpha value is -1.20. The van der Waals surface area contributed by atoms with Crippen LogP contribution in [0.3, 0.4) is 0 Å². The van der Waals surface area contributed by atoms with Gasteiger partial charge >= 0.3 is 0 Å². The molecule has 0 spiro atoms. The monoisotopic (exact) mass is 265 g/mol. The fourth-order valence-corrected chi connectivity index (χ4v) is 2.39. The zero-order chi connectivity index (χ0) is 13.8. The number of nitrogens with zero attached hydrogens (tertiary/aromatic N) is 3. The lowest BCUT2D eigenvalue weighted by Gasteiger charge is -2.34. The minimum Gasteiger partial charge on any atom is -0.367 e. The highest BCUT2D eigenvalue weighted by Crippen LogP contribution is 2.14. The van der Waals surface area contributed by atoms with E-state index in [0.717, 1.165) is 19.5 Å². The maximum absolute atomic E-state index is 12.5. The lowest BCUT2D eigenvalue weighted by atomic mass is 10.1. The van der Waals surface area contributed by atoms with E-state index in [2.05, 4.69) is 30.8 Å². The van der Waals surface area contributed by atoms with Crippen LogP contribution in [-0.2, 0) is 11.3 Å². The van der Waals surface area contributed by atoms with Gasteiger partial charge in [-0.05, 0) is 26.3 Å². The van der Waals surface area contributed by atoms with Gasteiger partial charge in [0.1, 0.15) is 11.8 Å². The first-order valence-corrected chi connectivity index (χ1v) is 7.05. The van der Waals surface area contributed by atoms with Crippen LogP contribution in [0.15, 0.2) is 12.3 Å². The van der Waals surface area contributed by atoms with Crippen LogP contribution >= 0.6 is 0 Å². The smallest absolute Gasteiger partial charge is 0.210 e. The molecule has 5 nitrogen and oxygen atoms in total. The van der Waals surface area contributed by atoms with E-state index < -0.39 is 0 Å². The van der Waals surface area contributed by atoms with Crippen LogP contribution in [0.25, 0.3) is 0 Å². The van der Waals surface area contributed by atoms with E-state index in [4.69, 9.17) is 4.74 Å². The number of aryl methyl sites for hydroxylation is 1. The molecule has 106 valence electrons. The van der Waals surface area contributed by atoms with Gasteiger partial charge in [-0.1, -0.05) is 6.92 Å². The number of rotatable bonds is 5. The summed E-state index contributed by atoms with van der Waals surface area (Å²) in [5, 5.41) is 4.20. The Labute approximate surface area is 114 Å². The molecule has 1 atom stereocenters. The molecule has 0 aromatic carbocycles. The maximum atomic E-state index is 12.5. The molecule has 1 aromatic heterocycles. The van der Waals surface area contributed by atoms with Crippen LogP contribution in [-0.4, -0.2) is 52.3 Å². The molecule has 1 fully saturated rings. The van der Waals surface area contributed by atoms with E-state index in [-0.39, 0.29) is 11.9 Å². The van der Waals surface area contributed by atoms with Crippen molar-refractivity contribution < 1.29 is 9.53 Å². The first-order valence-electron chi connectivity index (χ1n) is 7.05. The van der Waals surface area contributed by atoms with Crippen molar-refractivity contribution in [2.75, 3.05) is 19.7 Å². The summed E-state index contributed by atoms with van der Waals surface area (Å²) in [6.45, 7) is 9.34. The van der Waals surface area contributed by atoms with Crippen molar-refractivity contribution >= 4 is 5.78 Å². The number of ether oxygens (including phenoxy) is 1. The van der Waals surface area contributed by atoms with Gasteiger partial charge in [0.05, 0.1) is 6.61 Å². The summed E-state index contributed by atoms with van der Waals surface area (Å²) in [4.78, 5) is 14.8. The first kappa shape index (κ1) is 14.2. The van der Waals surface area contributed by atoms with Crippen molar-refractivity contribution in [2.24, 2.45) is 0 Å². The van der Waals surface area contributed by atoms with Crippen molar-refractivity contribution in [3.8, 4) is 0 Å². The summed E-state index contributed by atoms with van der Waals surface area (Å²) in [6, 6.07) is 2.23. The Morgan fingerprint density at radius 1 is 1.58 bits per heavy atom. The van der Waals surface area contributed by atoms with E-state index in [1.807, 2.05) is 0 Å². The van der Waals surface area contributed by atoms with Crippen molar-refractivity contribution in [1.82, 2.24) is 14.7 Å². The average molecular weight is 265 g/mol. The third-order valence-electron chi connectivity index (χ3n) is 3.52. The quantitative estimate of drug-likeness (QED) is 0.758. The number of Topliss-reactive ketones (excluding diaryl/α,β-unsaturated/α-hetero) is 1. The van der Waals surface area contributed by atoms with Gasteiger partial charge in [0.15, 0.2) is 0 Å². The van der Waals surface area contributed by atoms with Gasteiger partial charge in [0, 0.05) is 31.9 Å². The van der Waals surface area contributed by atoms with Crippen molar-refractivity contribution in [2.45, 2.75) is 45.9 Å². The fourth-order valence-electron chi connectivity index (χ4n) is 2.39. The number of aromatic nitrogens is 2. The number of hydrogen-bond acceptors (Lipinski definition) is 4. The molecule has 5 heteroatoms. The minimum atomic E-state index is -0.358. The van der Waals surface area contributed by atoms with Gasteiger partial charge in [-0.3, -0.25) is 14.4 Å². The molecule has 1 saturated heterocycles. The number of morpholine rings is 1. The number of carbonyl (C=O) groups is 1. The second kappa shape index (κ2) is 6.30. The molecule has 0 radical (unpaired) electrons. The van der Waals surface area contributed by atoms with Gasteiger partial charge in [-0.2, -0.15) is 5.10 Å². The molecule has 0 amide bonds. The standard InChI is InChI=1S/C14H23N3O2/c1-4-7-17-12(5-6-15-17)14(18)13-10-16(11(2)3)8-9-19-13/h5-6,11,13H,4,7-10H2,1-3H3. The van der Waals surface area contributed by atoms with Gasteiger partial charge in [-0.15, -0.1) is 0 Å². The molecule has 2 heterocycles. The third kappa shape index (κ3) is 3.22. The van der Waals surface area contributed by atoms with Gasteiger partial charge in [-0.25, -0.2) is 0 Å². The molecule has 0 aliphatic carbocycles. The molecule has 0 bridgehead atoms. The van der Waals surface area contributed by atoms with Crippen molar-refractivity contribution in [3.05, 3.63) is 18.0 Å². The van der Waals surface area contributed by atoms with Crippen molar-refractivity contribution in [3.63, 3.8) is 0 Å². The van der Waals surface area contributed by atoms with Crippen LogP contribution in [0.4, 0.5) is 0 Å². The van der Waals surface area contributed by atoms with Gasteiger partial charge < -0.3 is 4.74 Å². The van der Waals surface area contributed by atoms with Crippen LogP contribution in [0.2, 0.25) is 0 Å². The normalized spacial score (nSPS) is 20.9. The Kier molecular flexibility index (Phi) is 4.71. The molecular formula is C14H23N3O2. The molecule has 1 aliphatic rings. The fraction of sp³-hybridized carbons (Fsp3) is 0.714. The summed E-state index contributed by atoms with van der Waals surface area (Å²) in [5.74, 6) is 0.0521. The number of hydrogen-bond donors (Lipinski definition) is 0. The second-order valence-electron chi connectivity index (χ2n) is 5.25. The third-order valence-corrected chi connectivity index (χ3v) is 3.52. The summed E-state index contributed by atoms with van der Waals surface area (Å²) < 4.78 is 7.42. The van der Waals surface area contributed by atoms with E-state index in [1.54, 1.807) is 16.9 Å². The van der Waals surface area contributed by atoms with Gasteiger partial charge in [0.2, 0.25) is 5.78 Å². The summed E-state index contributed by atoms with van der Waals surface area (Å²) >= 11 is 0. The molecule has 19 heavy (non-hydrogen) atoms. The summed E-state index contributed by atoms with van der Waals surface area (Å²) in [7, 11) is 0. The van der Waals surface area contributed by atoms with Gasteiger partial charge in [0.25, 0.3) is 0 Å². The Morgan fingerprint density at radius 3 is 3.05 bits per heavy atom. The summed E-state index contributed by atoms with van der Waals surface area (Å²) in [5.41, 5.74) is 0.664. The lowest BCUT2D eigenvalue weighted by molar-refractivity contribution is -0.0260. The van der Waals surface area contributed by atoms with Crippen LogP contribution < -0.4 is 0 Å². The zero-order valence-electron chi connectivity index (χ0n) is 12.0. The maximum Gasteiger partial charge on any atom is 0.210 e. The highest BCUT2D eigenvalue weighted by Gasteiger charge is 2.30. The predicted octanol–water partition coefficient (Wildman–Crippen LogP) is 1.58. The van der Waals surface area contributed by atoms with Crippen LogP contribution in [0, 0.1) is 0 Å². The summed E-state index contributed by atoms with van der Waals surface area (Å²) in [6.07, 6.45) is 2.29. The van der Waals surface area contributed by atoms with E-state index >= 15 is 0 Å². The van der Waals surface area contributed by atoms with Crippen LogP contribution in [0.5, 0.6) is 0 Å². The van der Waals surface area contributed by atoms with Crippen molar-refractivity contribution in [1.29, 1.82) is 0 Å². The molecular weight excluding hydrogens is 242 g/mol.